The van der Waals surface area contributed by atoms with E-state index >= 15 is 0 Å². The molecule has 0 unspecified atom stereocenters. The van der Waals surface area contributed by atoms with E-state index in [-0.39, 0.29) is 0 Å². The fourth-order valence-corrected chi connectivity index (χ4v) is 1.82. The lowest BCUT2D eigenvalue weighted by Gasteiger charge is -2.09. The Balaban J connectivity index is 1.80. The Morgan fingerprint density at radius 2 is 1.65 bits per heavy atom. The van der Waals surface area contributed by atoms with Crippen LogP contribution in [0.5, 0.6) is 11.5 Å². The highest BCUT2D eigenvalue weighted by molar-refractivity contribution is 5.42. The van der Waals surface area contributed by atoms with E-state index in [0.29, 0.717) is 24.5 Å². The van der Waals surface area contributed by atoms with E-state index in [1.165, 1.54) is 5.56 Å². The highest BCUT2D eigenvalue weighted by Gasteiger charge is 2.01. The zero-order valence-corrected chi connectivity index (χ0v) is 11.5. The molecule has 0 aromatic heterocycles. The van der Waals surface area contributed by atoms with Crippen molar-refractivity contribution in [1.29, 1.82) is 5.26 Å². The van der Waals surface area contributed by atoms with Gasteiger partial charge in [0.15, 0.2) is 0 Å². The summed E-state index contributed by atoms with van der Waals surface area (Å²) in [4.78, 5) is 0. The molecule has 0 aliphatic heterocycles. The van der Waals surface area contributed by atoms with Crippen molar-refractivity contribution in [3.05, 3.63) is 59.7 Å². The number of nitriles is 1. The number of ether oxygens (including phenoxy) is 2. The molecular weight excluding hydrogens is 250 g/mol. The van der Waals surface area contributed by atoms with Crippen LogP contribution in [0.3, 0.4) is 0 Å². The Labute approximate surface area is 119 Å². The van der Waals surface area contributed by atoms with Gasteiger partial charge in [0.1, 0.15) is 30.8 Å². The second-order valence-corrected chi connectivity index (χ2v) is 4.30. The Morgan fingerprint density at radius 1 is 0.950 bits per heavy atom. The Bertz CT molecular complexity index is 585. The van der Waals surface area contributed by atoms with Gasteiger partial charge in [-0.15, -0.1) is 0 Å². The number of hydrogen-bond donors (Lipinski definition) is 0. The first kappa shape index (κ1) is 14.0. The van der Waals surface area contributed by atoms with Crippen LogP contribution in [0.1, 0.15) is 18.1 Å². The highest BCUT2D eigenvalue weighted by atomic mass is 16.5. The van der Waals surface area contributed by atoms with Crippen LogP contribution in [-0.4, -0.2) is 13.2 Å². The number of hydrogen-bond acceptors (Lipinski definition) is 3. The lowest BCUT2D eigenvalue weighted by molar-refractivity contribution is 0.217. The molecule has 0 atom stereocenters. The van der Waals surface area contributed by atoms with Crippen LogP contribution in [0.15, 0.2) is 48.5 Å². The number of rotatable bonds is 6. The van der Waals surface area contributed by atoms with Gasteiger partial charge in [-0.1, -0.05) is 31.2 Å². The second kappa shape index (κ2) is 7.20. The molecule has 0 amide bonds. The second-order valence-electron chi connectivity index (χ2n) is 4.30. The molecule has 3 nitrogen and oxygen atoms in total. The van der Waals surface area contributed by atoms with Crippen LogP contribution in [-0.2, 0) is 6.42 Å². The molecule has 0 aliphatic carbocycles. The van der Waals surface area contributed by atoms with E-state index in [1.807, 2.05) is 24.3 Å². The van der Waals surface area contributed by atoms with E-state index < -0.39 is 0 Å². The SMILES string of the molecule is CCc1ccc(OCCOc2ccccc2C#N)cc1. The maximum absolute atomic E-state index is 8.94. The molecule has 2 aromatic carbocycles. The van der Waals surface area contributed by atoms with Gasteiger partial charge in [0.2, 0.25) is 0 Å². The van der Waals surface area contributed by atoms with Crippen molar-refractivity contribution in [1.82, 2.24) is 0 Å². The van der Waals surface area contributed by atoms with Gasteiger partial charge in [0, 0.05) is 0 Å². The van der Waals surface area contributed by atoms with Crippen molar-refractivity contribution in [2.45, 2.75) is 13.3 Å². The minimum atomic E-state index is 0.411. The number of benzene rings is 2. The van der Waals surface area contributed by atoms with Crippen molar-refractivity contribution in [3.63, 3.8) is 0 Å². The average Bonchev–Trinajstić information content (AvgIpc) is 2.52. The monoisotopic (exact) mass is 267 g/mol. The van der Waals surface area contributed by atoms with Gasteiger partial charge in [0.25, 0.3) is 0 Å². The molecule has 3 heteroatoms. The average molecular weight is 267 g/mol. The molecule has 0 fully saturated rings. The summed E-state index contributed by atoms with van der Waals surface area (Å²) in [5, 5.41) is 8.94. The van der Waals surface area contributed by atoms with Gasteiger partial charge in [-0.25, -0.2) is 0 Å². The molecule has 0 saturated heterocycles. The molecule has 0 radical (unpaired) electrons. The maximum atomic E-state index is 8.94. The van der Waals surface area contributed by atoms with Crippen molar-refractivity contribution in [2.24, 2.45) is 0 Å². The maximum Gasteiger partial charge on any atom is 0.137 e. The van der Waals surface area contributed by atoms with Crippen molar-refractivity contribution < 1.29 is 9.47 Å². The van der Waals surface area contributed by atoms with E-state index in [9.17, 15) is 0 Å². The Hall–Kier alpha value is -2.47. The summed E-state index contributed by atoms with van der Waals surface area (Å²) < 4.78 is 11.1. The number of nitrogens with zero attached hydrogens (tertiary/aromatic N) is 1. The summed E-state index contributed by atoms with van der Waals surface area (Å²) in [7, 11) is 0. The Morgan fingerprint density at radius 3 is 2.35 bits per heavy atom. The largest absolute Gasteiger partial charge is 0.490 e. The number of aryl methyl sites for hydroxylation is 1. The highest BCUT2D eigenvalue weighted by Crippen LogP contribution is 2.16. The zero-order chi connectivity index (χ0) is 14.2. The molecule has 0 bridgehead atoms. The van der Waals surface area contributed by atoms with Gasteiger partial charge in [-0.2, -0.15) is 5.26 Å². The summed E-state index contributed by atoms with van der Waals surface area (Å²) >= 11 is 0. The van der Waals surface area contributed by atoms with Crippen molar-refractivity contribution in [2.75, 3.05) is 13.2 Å². The first-order valence-corrected chi connectivity index (χ1v) is 6.67. The summed E-state index contributed by atoms with van der Waals surface area (Å²) in [6.45, 7) is 2.98. The molecule has 0 aliphatic rings. The lowest BCUT2D eigenvalue weighted by Crippen LogP contribution is -2.09. The fourth-order valence-electron chi connectivity index (χ4n) is 1.82. The van der Waals surface area contributed by atoms with Crippen LogP contribution >= 0.6 is 0 Å². The standard InChI is InChI=1S/C17H17NO2/c1-2-14-7-9-16(10-8-14)19-11-12-20-17-6-4-3-5-15(17)13-18/h3-10H,2,11-12H2,1H3. The predicted molar refractivity (Wildman–Crippen MR) is 78.0 cm³/mol. The summed E-state index contributed by atoms with van der Waals surface area (Å²) in [6.07, 6.45) is 1.02. The first-order chi connectivity index (χ1) is 9.83. The van der Waals surface area contributed by atoms with E-state index in [2.05, 4.69) is 25.1 Å². The quantitative estimate of drug-likeness (QED) is 0.751. The minimum Gasteiger partial charge on any atom is -0.490 e. The third-order valence-corrected chi connectivity index (χ3v) is 2.95. The van der Waals surface area contributed by atoms with Crippen LogP contribution in [0.25, 0.3) is 0 Å². The molecule has 20 heavy (non-hydrogen) atoms. The molecule has 2 rings (SSSR count). The molecule has 0 heterocycles. The van der Waals surface area contributed by atoms with E-state index in [0.717, 1.165) is 12.2 Å². The van der Waals surface area contributed by atoms with Gasteiger partial charge in [-0.05, 0) is 36.2 Å². The molecule has 2 aromatic rings. The van der Waals surface area contributed by atoms with E-state index in [4.69, 9.17) is 14.7 Å². The smallest absolute Gasteiger partial charge is 0.137 e. The van der Waals surface area contributed by atoms with Crippen LogP contribution in [0, 0.1) is 11.3 Å². The number of para-hydroxylation sites is 1. The van der Waals surface area contributed by atoms with E-state index in [1.54, 1.807) is 12.1 Å². The molecule has 0 spiro atoms. The molecule has 102 valence electrons. The lowest BCUT2D eigenvalue weighted by atomic mass is 10.2. The Kier molecular flexibility index (Phi) is 5.02. The summed E-state index contributed by atoms with van der Waals surface area (Å²) in [6, 6.07) is 17.3. The molecular formula is C17H17NO2. The third kappa shape index (κ3) is 3.76. The molecule has 0 saturated carbocycles. The first-order valence-electron chi connectivity index (χ1n) is 6.67. The normalized spacial score (nSPS) is 9.80. The van der Waals surface area contributed by atoms with Crippen LogP contribution in [0.2, 0.25) is 0 Å². The fraction of sp³-hybridized carbons (Fsp3) is 0.235. The van der Waals surface area contributed by atoms with Crippen LogP contribution in [0.4, 0.5) is 0 Å². The van der Waals surface area contributed by atoms with Crippen molar-refractivity contribution in [3.8, 4) is 17.6 Å². The summed E-state index contributed by atoms with van der Waals surface area (Å²) in [5.74, 6) is 1.43. The van der Waals surface area contributed by atoms with Gasteiger partial charge in [0.05, 0.1) is 5.56 Å². The van der Waals surface area contributed by atoms with Crippen LogP contribution < -0.4 is 9.47 Å². The minimum absolute atomic E-state index is 0.411. The topological polar surface area (TPSA) is 42.2 Å². The van der Waals surface area contributed by atoms with Gasteiger partial charge >= 0.3 is 0 Å². The summed E-state index contributed by atoms with van der Waals surface area (Å²) in [5.41, 5.74) is 1.83. The molecule has 0 N–H and O–H groups in total. The third-order valence-electron chi connectivity index (χ3n) is 2.95. The van der Waals surface area contributed by atoms with Gasteiger partial charge in [-0.3, -0.25) is 0 Å². The predicted octanol–water partition coefficient (Wildman–Crippen LogP) is 3.58. The zero-order valence-electron chi connectivity index (χ0n) is 11.5. The van der Waals surface area contributed by atoms with Crippen molar-refractivity contribution >= 4 is 0 Å². The van der Waals surface area contributed by atoms with Gasteiger partial charge < -0.3 is 9.47 Å².